The lowest BCUT2D eigenvalue weighted by molar-refractivity contribution is 0.254. The lowest BCUT2D eigenvalue weighted by Gasteiger charge is -2.12. The number of hydrogen-bond donors (Lipinski definition) is 3. The van der Waals surface area contributed by atoms with Crippen molar-refractivity contribution in [2.24, 2.45) is 0 Å². The second-order valence-electron chi connectivity index (χ2n) is 4.05. The molecule has 1 aliphatic rings. The zero-order valence-corrected chi connectivity index (χ0v) is 10.1. The van der Waals surface area contributed by atoms with Crippen LogP contribution >= 0.6 is 23.2 Å². The van der Waals surface area contributed by atoms with E-state index in [1.54, 1.807) is 6.07 Å². The van der Waals surface area contributed by atoms with E-state index in [4.69, 9.17) is 28.3 Å². The first kappa shape index (κ1) is 12.0. The van der Waals surface area contributed by atoms with Gasteiger partial charge in [-0.1, -0.05) is 23.2 Å². The van der Waals surface area contributed by atoms with E-state index in [2.05, 4.69) is 5.32 Å². The molecule has 0 spiro atoms. The lowest BCUT2D eigenvalue weighted by atomic mass is 9.95. The number of phenolic OH excluding ortho intramolecular Hbond substituents is 1. The molecule has 1 fully saturated rings. The minimum atomic E-state index is 0.0962. The molecule has 1 aromatic rings. The summed E-state index contributed by atoms with van der Waals surface area (Å²) in [5, 5.41) is 22.8. The van der Waals surface area contributed by atoms with Crippen LogP contribution in [0, 0.1) is 0 Å². The predicted molar refractivity (Wildman–Crippen MR) is 64.4 cm³/mol. The summed E-state index contributed by atoms with van der Waals surface area (Å²) in [6, 6.07) is 3.26. The first-order valence-corrected chi connectivity index (χ1v) is 5.89. The SMILES string of the molecule is OCC1CC(c2cc(Cl)c(Cl)cc2O)CN1. The second kappa shape index (κ2) is 4.80. The molecule has 2 atom stereocenters. The molecule has 1 heterocycles. The van der Waals surface area contributed by atoms with Gasteiger partial charge in [0.15, 0.2) is 0 Å². The Balaban J connectivity index is 2.24. The van der Waals surface area contributed by atoms with Gasteiger partial charge in [0, 0.05) is 24.6 Å². The van der Waals surface area contributed by atoms with E-state index in [9.17, 15) is 5.11 Å². The smallest absolute Gasteiger partial charge is 0.120 e. The number of nitrogens with one attached hydrogen (secondary N) is 1. The fourth-order valence-electron chi connectivity index (χ4n) is 2.07. The minimum absolute atomic E-state index is 0.0962. The van der Waals surface area contributed by atoms with E-state index in [1.807, 2.05) is 0 Å². The molecule has 0 saturated carbocycles. The van der Waals surface area contributed by atoms with Crippen LogP contribution in [0.1, 0.15) is 17.9 Å². The van der Waals surface area contributed by atoms with Crippen molar-refractivity contribution in [3.63, 3.8) is 0 Å². The topological polar surface area (TPSA) is 52.5 Å². The average molecular weight is 262 g/mol. The van der Waals surface area contributed by atoms with Crippen LogP contribution in [0.5, 0.6) is 5.75 Å². The van der Waals surface area contributed by atoms with Crippen LogP contribution in [0.2, 0.25) is 10.0 Å². The van der Waals surface area contributed by atoms with E-state index < -0.39 is 0 Å². The summed E-state index contributed by atoms with van der Waals surface area (Å²) in [7, 11) is 0. The highest BCUT2D eigenvalue weighted by Gasteiger charge is 2.27. The van der Waals surface area contributed by atoms with Crippen molar-refractivity contribution in [1.29, 1.82) is 0 Å². The molecule has 1 aromatic carbocycles. The van der Waals surface area contributed by atoms with Gasteiger partial charge in [-0.05, 0) is 18.1 Å². The van der Waals surface area contributed by atoms with Crippen molar-refractivity contribution in [2.75, 3.05) is 13.2 Å². The maximum Gasteiger partial charge on any atom is 0.120 e. The fraction of sp³-hybridized carbons (Fsp3) is 0.455. The Hall–Kier alpha value is -0.480. The van der Waals surface area contributed by atoms with Crippen molar-refractivity contribution in [2.45, 2.75) is 18.4 Å². The molecule has 1 saturated heterocycles. The number of benzene rings is 1. The Morgan fingerprint density at radius 3 is 2.62 bits per heavy atom. The van der Waals surface area contributed by atoms with Crippen molar-refractivity contribution in [1.82, 2.24) is 5.32 Å². The first-order chi connectivity index (χ1) is 7.61. The molecule has 2 unspecified atom stereocenters. The summed E-state index contributed by atoms with van der Waals surface area (Å²) < 4.78 is 0. The Morgan fingerprint density at radius 1 is 1.31 bits per heavy atom. The lowest BCUT2D eigenvalue weighted by Crippen LogP contribution is -2.24. The van der Waals surface area contributed by atoms with Gasteiger partial charge in [-0.3, -0.25) is 0 Å². The van der Waals surface area contributed by atoms with Gasteiger partial charge >= 0.3 is 0 Å². The second-order valence-corrected chi connectivity index (χ2v) is 4.86. The van der Waals surface area contributed by atoms with Crippen molar-refractivity contribution in [3.8, 4) is 5.75 Å². The van der Waals surface area contributed by atoms with Gasteiger partial charge in [-0.25, -0.2) is 0 Å². The molecular formula is C11H13Cl2NO2. The summed E-state index contributed by atoms with van der Waals surface area (Å²) >= 11 is 11.7. The first-order valence-electron chi connectivity index (χ1n) is 5.14. The van der Waals surface area contributed by atoms with Crippen LogP contribution in [0.15, 0.2) is 12.1 Å². The Labute approximate surface area is 104 Å². The standard InChI is InChI=1S/C11H13Cl2NO2/c12-9-2-8(11(16)3-10(9)13)6-1-7(5-15)14-4-6/h2-3,6-7,14-16H,1,4-5H2. The molecule has 2 rings (SSSR count). The fourth-order valence-corrected chi connectivity index (χ4v) is 2.40. The van der Waals surface area contributed by atoms with Crippen LogP contribution in [-0.2, 0) is 0 Å². The highest BCUT2D eigenvalue weighted by atomic mass is 35.5. The van der Waals surface area contributed by atoms with Gasteiger partial charge in [-0.15, -0.1) is 0 Å². The van der Waals surface area contributed by atoms with Gasteiger partial charge in [0.2, 0.25) is 0 Å². The molecule has 88 valence electrons. The number of aliphatic hydroxyl groups excluding tert-OH is 1. The number of rotatable bonds is 2. The largest absolute Gasteiger partial charge is 0.508 e. The average Bonchev–Trinajstić information content (AvgIpc) is 2.71. The number of hydrogen-bond acceptors (Lipinski definition) is 3. The van der Waals surface area contributed by atoms with Crippen molar-refractivity contribution >= 4 is 23.2 Å². The molecule has 5 heteroatoms. The van der Waals surface area contributed by atoms with Gasteiger partial charge in [0.25, 0.3) is 0 Å². The number of aromatic hydroxyl groups is 1. The van der Waals surface area contributed by atoms with Gasteiger partial charge < -0.3 is 15.5 Å². The molecule has 0 bridgehead atoms. The van der Waals surface area contributed by atoms with E-state index >= 15 is 0 Å². The maximum absolute atomic E-state index is 9.80. The van der Waals surface area contributed by atoms with Crippen molar-refractivity contribution in [3.05, 3.63) is 27.7 Å². The molecule has 0 radical (unpaired) electrons. The molecule has 16 heavy (non-hydrogen) atoms. The van der Waals surface area contributed by atoms with Crippen molar-refractivity contribution < 1.29 is 10.2 Å². The Bertz CT molecular complexity index is 398. The van der Waals surface area contributed by atoms with Crippen LogP contribution < -0.4 is 5.32 Å². The third kappa shape index (κ3) is 2.28. The summed E-state index contributed by atoms with van der Waals surface area (Å²) in [6.07, 6.45) is 0.794. The Kier molecular flexibility index (Phi) is 3.60. The molecule has 0 aromatic heterocycles. The third-order valence-corrected chi connectivity index (χ3v) is 3.67. The van der Waals surface area contributed by atoms with Crippen LogP contribution in [0.3, 0.4) is 0 Å². The zero-order chi connectivity index (χ0) is 11.7. The third-order valence-electron chi connectivity index (χ3n) is 2.95. The predicted octanol–water partition coefficient (Wildman–Crippen LogP) is 2.14. The number of aliphatic hydroxyl groups is 1. The zero-order valence-electron chi connectivity index (χ0n) is 8.58. The number of halogens is 2. The summed E-state index contributed by atoms with van der Waals surface area (Å²) in [6.45, 7) is 0.843. The van der Waals surface area contributed by atoms with Gasteiger partial charge in [0.1, 0.15) is 5.75 Å². The number of phenols is 1. The quantitative estimate of drug-likeness (QED) is 0.765. The van der Waals surface area contributed by atoms with Gasteiger partial charge in [0.05, 0.1) is 16.7 Å². The Morgan fingerprint density at radius 2 is 2.00 bits per heavy atom. The minimum Gasteiger partial charge on any atom is -0.508 e. The van der Waals surface area contributed by atoms with E-state index in [0.29, 0.717) is 10.0 Å². The van der Waals surface area contributed by atoms with Crippen LogP contribution in [-0.4, -0.2) is 29.4 Å². The molecule has 1 aliphatic heterocycles. The van der Waals surface area contributed by atoms with E-state index in [-0.39, 0.29) is 24.3 Å². The van der Waals surface area contributed by atoms with E-state index in [1.165, 1.54) is 6.07 Å². The molecule has 3 nitrogen and oxygen atoms in total. The molecule has 0 aliphatic carbocycles. The molecule has 0 amide bonds. The maximum atomic E-state index is 9.80. The summed E-state index contributed by atoms with van der Waals surface area (Å²) in [4.78, 5) is 0. The van der Waals surface area contributed by atoms with Crippen LogP contribution in [0.4, 0.5) is 0 Å². The highest BCUT2D eigenvalue weighted by molar-refractivity contribution is 6.42. The van der Waals surface area contributed by atoms with Gasteiger partial charge in [-0.2, -0.15) is 0 Å². The van der Waals surface area contributed by atoms with Crippen LogP contribution in [0.25, 0.3) is 0 Å². The highest BCUT2D eigenvalue weighted by Crippen LogP contribution is 2.37. The molecule has 3 N–H and O–H groups in total. The normalized spacial score (nSPS) is 24.9. The summed E-state index contributed by atoms with van der Waals surface area (Å²) in [5.74, 6) is 0.340. The summed E-state index contributed by atoms with van der Waals surface area (Å²) in [5.41, 5.74) is 0.790. The molecular weight excluding hydrogens is 249 g/mol. The van der Waals surface area contributed by atoms with E-state index in [0.717, 1.165) is 18.5 Å². The monoisotopic (exact) mass is 261 g/mol.